The Bertz CT molecular complexity index is 526. The molecular weight excluding hydrogens is 298 g/mol. The van der Waals surface area contributed by atoms with Crippen LogP contribution >= 0.6 is 0 Å². The van der Waals surface area contributed by atoms with Crippen molar-refractivity contribution in [3.63, 3.8) is 0 Å². The summed E-state index contributed by atoms with van der Waals surface area (Å²) in [5.41, 5.74) is 0.926. The van der Waals surface area contributed by atoms with Gasteiger partial charge in [-0.25, -0.2) is 0 Å². The number of piperazine rings is 1. The zero-order chi connectivity index (χ0) is 16.8. The summed E-state index contributed by atoms with van der Waals surface area (Å²) >= 11 is 0. The second-order valence-corrected chi connectivity index (χ2v) is 5.82. The first-order valence-corrected chi connectivity index (χ1v) is 7.97. The van der Waals surface area contributed by atoms with Gasteiger partial charge in [0.15, 0.2) is 5.75 Å². The molecule has 7 heteroatoms. The first-order valence-electron chi connectivity index (χ1n) is 7.97. The molecule has 1 atom stereocenters. The Morgan fingerprint density at radius 1 is 1.35 bits per heavy atom. The third-order valence-electron chi connectivity index (χ3n) is 4.45. The Labute approximate surface area is 136 Å². The summed E-state index contributed by atoms with van der Waals surface area (Å²) in [4.78, 5) is 15.3. The van der Waals surface area contributed by atoms with Gasteiger partial charge >= 0.3 is 5.69 Å². The van der Waals surface area contributed by atoms with E-state index in [-0.39, 0.29) is 24.1 Å². The maximum atomic E-state index is 11.1. The van der Waals surface area contributed by atoms with Crippen molar-refractivity contribution in [2.24, 2.45) is 0 Å². The molecule has 1 heterocycles. The number of rotatable bonds is 7. The number of nitro benzene ring substituents is 1. The van der Waals surface area contributed by atoms with Crippen LogP contribution in [0.1, 0.15) is 18.9 Å². The average Bonchev–Trinajstić information content (AvgIpc) is 2.57. The van der Waals surface area contributed by atoms with E-state index in [0.29, 0.717) is 6.54 Å². The van der Waals surface area contributed by atoms with Gasteiger partial charge in [0, 0.05) is 44.8 Å². The molecule has 1 aliphatic rings. The van der Waals surface area contributed by atoms with Gasteiger partial charge < -0.3 is 9.84 Å². The molecule has 128 valence electrons. The number of ether oxygens (including phenoxy) is 1. The molecule has 0 spiro atoms. The first-order chi connectivity index (χ1) is 11.1. The van der Waals surface area contributed by atoms with Gasteiger partial charge in [-0.3, -0.25) is 19.9 Å². The highest BCUT2D eigenvalue weighted by Crippen LogP contribution is 2.28. The average molecular weight is 323 g/mol. The summed E-state index contributed by atoms with van der Waals surface area (Å²) < 4.78 is 5.03. The van der Waals surface area contributed by atoms with Crippen molar-refractivity contribution in [1.82, 2.24) is 9.80 Å². The zero-order valence-electron chi connectivity index (χ0n) is 13.8. The monoisotopic (exact) mass is 323 g/mol. The fraction of sp³-hybridized carbons (Fsp3) is 0.625. The lowest BCUT2D eigenvalue weighted by molar-refractivity contribution is -0.385. The van der Waals surface area contributed by atoms with Crippen molar-refractivity contribution >= 4 is 5.69 Å². The van der Waals surface area contributed by atoms with Crippen molar-refractivity contribution in [2.75, 3.05) is 39.9 Å². The Morgan fingerprint density at radius 3 is 2.57 bits per heavy atom. The van der Waals surface area contributed by atoms with Crippen LogP contribution in [-0.4, -0.2) is 65.8 Å². The number of nitrogens with zero attached hydrogens (tertiary/aromatic N) is 3. The predicted octanol–water partition coefficient (Wildman–Crippen LogP) is 1.49. The van der Waals surface area contributed by atoms with E-state index in [1.165, 1.54) is 7.11 Å². The van der Waals surface area contributed by atoms with Gasteiger partial charge in [-0.1, -0.05) is 13.0 Å². The zero-order valence-corrected chi connectivity index (χ0v) is 13.8. The summed E-state index contributed by atoms with van der Waals surface area (Å²) in [7, 11) is 1.44. The van der Waals surface area contributed by atoms with Crippen LogP contribution < -0.4 is 4.74 Å². The summed E-state index contributed by atoms with van der Waals surface area (Å²) in [6.45, 7) is 6.60. The van der Waals surface area contributed by atoms with E-state index >= 15 is 0 Å². The summed E-state index contributed by atoms with van der Waals surface area (Å²) in [5, 5.41) is 20.5. The predicted molar refractivity (Wildman–Crippen MR) is 87.7 cm³/mol. The summed E-state index contributed by atoms with van der Waals surface area (Å²) in [6, 6.07) is 5.36. The van der Waals surface area contributed by atoms with Crippen molar-refractivity contribution in [3.8, 4) is 5.75 Å². The van der Waals surface area contributed by atoms with Crippen molar-refractivity contribution < 1.29 is 14.8 Å². The molecule has 0 saturated carbocycles. The number of methoxy groups -OCH3 is 1. The van der Waals surface area contributed by atoms with E-state index < -0.39 is 4.92 Å². The van der Waals surface area contributed by atoms with Crippen LogP contribution in [0.3, 0.4) is 0 Å². The van der Waals surface area contributed by atoms with Gasteiger partial charge in [-0.2, -0.15) is 0 Å². The molecule has 0 amide bonds. The SMILES string of the molecule is CCC(CO)N1CCN(Cc2ccc(OC)c([N+](=O)[O-])c2)CC1. The molecule has 0 aromatic heterocycles. The fourth-order valence-corrected chi connectivity index (χ4v) is 3.02. The lowest BCUT2D eigenvalue weighted by atomic mass is 10.1. The van der Waals surface area contributed by atoms with Gasteiger partial charge in [0.05, 0.1) is 18.6 Å². The van der Waals surface area contributed by atoms with E-state index in [2.05, 4.69) is 16.7 Å². The lowest BCUT2D eigenvalue weighted by Gasteiger charge is -2.38. The van der Waals surface area contributed by atoms with Gasteiger partial charge in [-0.15, -0.1) is 0 Å². The number of aliphatic hydroxyl groups excluding tert-OH is 1. The van der Waals surface area contributed by atoms with Crippen LogP contribution in [-0.2, 0) is 6.54 Å². The lowest BCUT2D eigenvalue weighted by Crippen LogP contribution is -2.50. The van der Waals surface area contributed by atoms with Gasteiger partial charge in [-0.05, 0) is 18.1 Å². The molecule has 1 aliphatic heterocycles. The van der Waals surface area contributed by atoms with Crippen LogP contribution in [0.25, 0.3) is 0 Å². The maximum Gasteiger partial charge on any atom is 0.311 e. The Kier molecular flexibility index (Phi) is 6.32. The normalized spacial score (nSPS) is 17.9. The number of benzene rings is 1. The Balaban J connectivity index is 1.96. The van der Waals surface area contributed by atoms with Crippen molar-refractivity contribution in [2.45, 2.75) is 25.9 Å². The van der Waals surface area contributed by atoms with Crippen LogP contribution in [0, 0.1) is 10.1 Å². The Hall–Kier alpha value is -1.70. The maximum absolute atomic E-state index is 11.1. The number of aliphatic hydroxyl groups is 1. The molecule has 1 aromatic rings. The third kappa shape index (κ3) is 4.40. The molecular formula is C16H25N3O4. The highest BCUT2D eigenvalue weighted by molar-refractivity contribution is 5.48. The molecule has 7 nitrogen and oxygen atoms in total. The molecule has 0 radical (unpaired) electrons. The van der Waals surface area contributed by atoms with Gasteiger partial charge in [0.25, 0.3) is 0 Å². The topological polar surface area (TPSA) is 79.1 Å². The van der Waals surface area contributed by atoms with E-state index in [9.17, 15) is 15.2 Å². The molecule has 23 heavy (non-hydrogen) atoms. The molecule has 1 unspecified atom stereocenters. The van der Waals surface area contributed by atoms with E-state index in [1.54, 1.807) is 12.1 Å². The van der Waals surface area contributed by atoms with E-state index in [4.69, 9.17) is 4.74 Å². The van der Waals surface area contributed by atoms with Crippen molar-refractivity contribution in [1.29, 1.82) is 0 Å². The molecule has 1 fully saturated rings. The molecule has 1 N–H and O–H groups in total. The minimum absolute atomic E-state index is 0.00923. The van der Waals surface area contributed by atoms with E-state index in [1.807, 2.05) is 6.07 Å². The van der Waals surface area contributed by atoms with Gasteiger partial charge in [0.2, 0.25) is 0 Å². The summed E-state index contributed by atoms with van der Waals surface area (Å²) in [5.74, 6) is 0.289. The fourth-order valence-electron chi connectivity index (χ4n) is 3.02. The van der Waals surface area contributed by atoms with Gasteiger partial charge in [0.1, 0.15) is 0 Å². The number of nitro groups is 1. The van der Waals surface area contributed by atoms with Crippen LogP contribution in [0.2, 0.25) is 0 Å². The molecule has 0 bridgehead atoms. The summed E-state index contributed by atoms with van der Waals surface area (Å²) in [6.07, 6.45) is 0.946. The second-order valence-electron chi connectivity index (χ2n) is 5.82. The molecule has 0 aliphatic carbocycles. The largest absolute Gasteiger partial charge is 0.490 e. The Morgan fingerprint density at radius 2 is 2.04 bits per heavy atom. The van der Waals surface area contributed by atoms with E-state index in [0.717, 1.165) is 38.2 Å². The van der Waals surface area contributed by atoms with Crippen LogP contribution in [0.5, 0.6) is 5.75 Å². The molecule has 1 aromatic carbocycles. The third-order valence-corrected chi connectivity index (χ3v) is 4.45. The van der Waals surface area contributed by atoms with Crippen LogP contribution in [0.4, 0.5) is 5.69 Å². The smallest absolute Gasteiger partial charge is 0.311 e. The molecule has 1 saturated heterocycles. The second kappa shape index (κ2) is 8.24. The highest BCUT2D eigenvalue weighted by Gasteiger charge is 2.23. The van der Waals surface area contributed by atoms with Crippen LogP contribution in [0.15, 0.2) is 18.2 Å². The number of hydrogen-bond acceptors (Lipinski definition) is 6. The minimum atomic E-state index is -0.409. The quantitative estimate of drug-likeness (QED) is 0.605. The highest BCUT2D eigenvalue weighted by atomic mass is 16.6. The van der Waals surface area contributed by atoms with Crippen molar-refractivity contribution in [3.05, 3.63) is 33.9 Å². The molecule has 2 rings (SSSR count). The first kappa shape index (κ1) is 17.7. The minimum Gasteiger partial charge on any atom is -0.490 e. The standard InChI is InChI=1S/C16H25N3O4/c1-3-14(12-20)18-8-6-17(7-9-18)11-13-4-5-16(23-2)15(10-13)19(21)22/h4-5,10,14,20H,3,6-9,11-12H2,1-2H3. The number of hydrogen-bond donors (Lipinski definition) is 1.